The Labute approximate surface area is 186 Å². The van der Waals surface area contributed by atoms with Crippen molar-refractivity contribution in [1.29, 1.82) is 0 Å². The van der Waals surface area contributed by atoms with Crippen molar-refractivity contribution in [3.63, 3.8) is 0 Å². The molecule has 1 aliphatic rings. The van der Waals surface area contributed by atoms with Gasteiger partial charge in [-0.3, -0.25) is 19.8 Å². The van der Waals surface area contributed by atoms with E-state index in [1.54, 1.807) is 6.20 Å². The van der Waals surface area contributed by atoms with Gasteiger partial charge in [0.2, 0.25) is 0 Å². The smallest absolute Gasteiger partial charge is 0.319 e. The molecule has 1 aromatic carbocycles. The largest absolute Gasteiger partial charge is 0.433 e. The van der Waals surface area contributed by atoms with E-state index in [4.69, 9.17) is 0 Å². The van der Waals surface area contributed by atoms with Crippen LogP contribution < -0.4 is 5.32 Å². The highest BCUT2D eigenvalue weighted by molar-refractivity contribution is 6.11. The third-order valence-electron chi connectivity index (χ3n) is 5.57. The summed E-state index contributed by atoms with van der Waals surface area (Å²) in [5.74, 6) is -0.551. The molecule has 5 rings (SSSR count). The second-order valence-corrected chi connectivity index (χ2v) is 7.93. The number of nitrogens with one attached hydrogen (secondary N) is 2. The number of aromatic nitrogens is 4. The molecule has 168 valence electrons. The van der Waals surface area contributed by atoms with Crippen LogP contribution in [0, 0.1) is 0 Å². The van der Waals surface area contributed by atoms with Crippen LogP contribution in [0.3, 0.4) is 0 Å². The Morgan fingerprint density at radius 3 is 2.61 bits per heavy atom. The van der Waals surface area contributed by atoms with E-state index in [-0.39, 0.29) is 11.4 Å². The van der Waals surface area contributed by atoms with E-state index in [0.717, 1.165) is 54.7 Å². The van der Waals surface area contributed by atoms with Gasteiger partial charge in [0.1, 0.15) is 5.69 Å². The first-order valence-corrected chi connectivity index (χ1v) is 10.4. The summed E-state index contributed by atoms with van der Waals surface area (Å²) >= 11 is 0. The normalized spacial score (nSPS) is 14.3. The number of benzene rings is 1. The lowest BCUT2D eigenvalue weighted by atomic mass is 10.0. The number of carbonyl (C=O) groups excluding carboxylic acids is 1. The molecule has 0 unspecified atom stereocenters. The van der Waals surface area contributed by atoms with E-state index < -0.39 is 17.8 Å². The molecule has 0 spiro atoms. The van der Waals surface area contributed by atoms with Gasteiger partial charge in [-0.05, 0) is 61.0 Å². The highest BCUT2D eigenvalue weighted by Gasteiger charge is 2.32. The number of alkyl halides is 3. The molecule has 0 aliphatic carbocycles. The van der Waals surface area contributed by atoms with E-state index in [2.05, 4.69) is 36.4 Å². The average molecular weight is 452 g/mol. The van der Waals surface area contributed by atoms with Gasteiger partial charge in [0, 0.05) is 29.9 Å². The molecule has 10 heteroatoms. The second-order valence-electron chi connectivity index (χ2n) is 7.93. The molecule has 7 nitrogen and oxygen atoms in total. The average Bonchev–Trinajstić information content (AvgIpc) is 3.20. The number of fused-ring (bicyclic) bond motifs is 1. The summed E-state index contributed by atoms with van der Waals surface area (Å²) < 4.78 is 38.1. The third kappa shape index (κ3) is 4.42. The molecule has 1 saturated heterocycles. The quantitative estimate of drug-likeness (QED) is 0.466. The van der Waals surface area contributed by atoms with Crippen LogP contribution in [0.1, 0.15) is 28.2 Å². The molecule has 1 amide bonds. The van der Waals surface area contributed by atoms with Gasteiger partial charge in [-0.1, -0.05) is 6.07 Å². The lowest BCUT2D eigenvalue weighted by molar-refractivity contribution is -0.141. The van der Waals surface area contributed by atoms with Gasteiger partial charge in [-0.25, -0.2) is 4.98 Å². The zero-order valence-electron chi connectivity index (χ0n) is 17.4. The van der Waals surface area contributed by atoms with Crippen LogP contribution in [0.25, 0.3) is 22.0 Å². The fraction of sp³-hybridized carbons (Fsp3) is 0.217. The van der Waals surface area contributed by atoms with Gasteiger partial charge in [-0.15, -0.1) is 0 Å². The molecule has 0 bridgehead atoms. The SMILES string of the molecule is O=C(Nc1ccc(C(F)(F)F)nc1)c1n[nH]c2ccc(-c3cncc(CN4CCC4)c3)cc12. The van der Waals surface area contributed by atoms with Crippen LogP contribution in [-0.4, -0.2) is 44.1 Å². The van der Waals surface area contributed by atoms with Gasteiger partial charge in [0.25, 0.3) is 5.91 Å². The summed E-state index contributed by atoms with van der Waals surface area (Å²) in [5, 5.41) is 10.1. The molecule has 0 atom stereocenters. The second kappa shape index (κ2) is 8.28. The lowest BCUT2D eigenvalue weighted by Crippen LogP contribution is -2.36. The summed E-state index contributed by atoms with van der Waals surface area (Å²) in [5.41, 5.74) is 2.84. The molecule has 1 aliphatic heterocycles. The summed E-state index contributed by atoms with van der Waals surface area (Å²) in [6.45, 7) is 3.04. The molecule has 1 fully saturated rings. The molecule has 0 saturated carbocycles. The van der Waals surface area contributed by atoms with Gasteiger partial charge in [0.05, 0.1) is 17.4 Å². The summed E-state index contributed by atoms with van der Waals surface area (Å²) in [6.07, 6.45) is 1.27. The molecule has 3 aromatic heterocycles. The fourth-order valence-electron chi connectivity index (χ4n) is 3.72. The number of nitrogens with zero attached hydrogens (tertiary/aromatic N) is 4. The third-order valence-corrected chi connectivity index (χ3v) is 5.57. The van der Waals surface area contributed by atoms with Crippen LogP contribution in [-0.2, 0) is 12.7 Å². The Hall–Kier alpha value is -3.79. The molecule has 2 N–H and O–H groups in total. The topological polar surface area (TPSA) is 86.8 Å². The zero-order chi connectivity index (χ0) is 23.0. The van der Waals surface area contributed by atoms with Crippen molar-refractivity contribution in [3.8, 4) is 11.1 Å². The van der Waals surface area contributed by atoms with E-state index in [1.807, 2.05) is 24.4 Å². The number of hydrogen-bond acceptors (Lipinski definition) is 5. The minimum Gasteiger partial charge on any atom is -0.319 e. The summed E-state index contributed by atoms with van der Waals surface area (Å²) in [4.78, 5) is 22.8. The Morgan fingerprint density at radius 1 is 1.06 bits per heavy atom. The van der Waals surface area contributed by atoms with Gasteiger partial charge in [0.15, 0.2) is 5.69 Å². The van der Waals surface area contributed by atoms with Crippen molar-refractivity contribution in [2.24, 2.45) is 0 Å². The zero-order valence-corrected chi connectivity index (χ0v) is 17.4. The highest BCUT2D eigenvalue weighted by Crippen LogP contribution is 2.29. The Bertz CT molecular complexity index is 1310. The number of rotatable bonds is 5. The van der Waals surface area contributed by atoms with Crippen molar-refractivity contribution >= 4 is 22.5 Å². The Morgan fingerprint density at radius 2 is 1.91 bits per heavy atom. The molecular formula is C23H19F3N6O. The number of pyridine rings is 2. The molecular weight excluding hydrogens is 433 g/mol. The lowest BCUT2D eigenvalue weighted by Gasteiger charge is -2.30. The maximum absolute atomic E-state index is 12.8. The van der Waals surface area contributed by atoms with E-state index in [1.165, 1.54) is 6.42 Å². The van der Waals surface area contributed by atoms with Crippen LogP contribution in [0.4, 0.5) is 18.9 Å². The van der Waals surface area contributed by atoms with Gasteiger partial charge >= 0.3 is 6.18 Å². The highest BCUT2D eigenvalue weighted by atomic mass is 19.4. The van der Waals surface area contributed by atoms with Crippen LogP contribution in [0.15, 0.2) is 55.0 Å². The first kappa shape index (κ1) is 21.1. The first-order chi connectivity index (χ1) is 15.9. The number of H-pyrrole nitrogens is 1. The maximum atomic E-state index is 12.8. The molecule has 4 aromatic rings. The number of anilines is 1. The standard InChI is InChI=1S/C23H19F3N6O/c24-23(25,26)20-5-3-17(12-28-20)29-22(33)21-18-9-15(2-4-19(18)30-31-21)16-8-14(10-27-11-16)13-32-6-1-7-32/h2-5,8-12H,1,6-7,13H2,(H,29,33)(H,30,31). The van der Waals surface area contributed by atoms with Crippen molar-refractivity contribution < 1.29 is 18.0 Å². The van der Waals surface area contributed by atoms with Crippen LogP contribution in [0.5, 0.6) is 0 Å². The van der Waals surface area contributed by atoms with E-state index in [9.17, 15) is 18.0 Å². The number of aromatic amines is 1. The minimum absolute atomic E-state index is 0.136. The molecule has 4 heterocycles. The predicted octanol–water partition coefficient (Wildman–Crippen LogP) is 4.50. The Kier molecular flexibility index (Phi) is 5.29. The number of amides is 1. The number of halogens is 3. The number of hydrogen-bond donors (Lipinski definition) is 2. The fourth-order valence-corrected chi connectivity index (χ4v) is 3.72. The Balaban J connectivity index is 1.39. The van der Waals surface area contributed by atoms with Gasteiger partial charge < -0.3 is 5.32 Å². The van der Waals surface area contributed by atoms with Crippen molar-refractivity contribution in [1.82, 2.24) is 25.1 Å². The van der Waals surface area contributed by atoms with Crippen molar-refractivity contribution in [3.05, 3.63) is 71.9 Å². The van der Waals surface area contributed by atoms with Crippen molar-refractivity contribution in [2.45, 2.75) is 19.1 Å². The van der Waals surface area contributed by atoms with Crippen molar-refractivity contribution in [2.75, 3.05) is 18.4 Å². The van der Waals surface area contributed by atoms with Crippen LogP contribution >= 0.6 is 0 Å². The number of likely N-dealkylation sites (tertiary alicyclic amines) is 1. The van der Waals surface area contributed by atoms with E-state index in [0.29, 0.717) is 10.9 Å². The van der Waals surface area contributed by atoms with E-state index >= 15 is 0 Å². The number of carbonyl (C=O) groups is 1. The van der Waals surface area contributed by atoms with Crippen LogP contribution in [0.2, 0.25) is 0 Å². The first-order valence-electron chi connectivity index (χ1n) is 10.4. The summed E-state index contributed by atoms with van der Waals surface area (Å²) in [6, 6.07) is 9.66. The minimum atomic E-state index is -4.54. The summed E-state index contributed by atoms with van der Waals surface area (Å²) in [7, 11) is 0. The maximum Gasteiger partial charge on any atom is 0.433 e. The monoisotopic (exact) mass is 452 g/mol. The molecule has 33 heavy (non-hydrogen) atoms. The molecule has 0 radical (unpaired) electrons. The van der Waals surface area contributed by atoms with Gasteiger partial charge in [-0.2, -0.15) is 18.3 Å². The predicted molar refractivity (Wildman–Crippen MR) is 116 cm³/mol.